The molecule has 1 saturated carbocycles. The zero-order chi connectivity index (χ0) is 20.2. The lowest BCUT2D eigenvalue weighted by Crippen LogP contribution is -2.49. The lowest BCUT2D eigenvalue weighted by molar-refractivity contribution is -0.132. The molecular formula is C24H32N4O. The molecule has 29 heavy (non-hydrogen) atoms. The number of anilines is 1. The van der Waals surface area contributed by atoms with E-state index >= 15 is 0 Å². The number of carbonyl (C=O) groups is 1. The largest absolute Gasteiger partial charge is 0.352 e. The molecule has 0 spiro atoms. The third-order valence-corrected chi connectivity index (χ3v) is 6.60. The highest BCUT2D eigenvalue weighted by Crippen LogP contribution is 2.27. The summed E-state index contributed by atoms with van der Waals surface area (Å²) in [6, 6.07) is 10.5. The number of hydrogen-bond donors (Lipinski definition) is 0. The summed E-state index contributed by atoms with van der Waals surface area (Å²) in [6.45, 7) is 7.46. The number of aromatic nitrogens is 2. The normalized spacial score (nSPS) is 18.1. The molecule has 2 aliphatic rings. The summed E-state index contributed by atoms with van der Waals surface area (Å²) >= 11 is 0. The van der Waals surface area contributed by atoms with E-state index in [1.165, 1.54) is 43.2 Å². The Morgan fingerprint density at radius 3 is 2.34 bits per heavy atom. The van der Waals surface area contributed by atoms with E-state index in [1.54, 1.807) is 0 Å². The molecule has 154 valence electrons. The van der Waals surface area contributed by atoms with Crippen molar-refractivity contribution in [3.63, 3.8) is 0 Å². The molecule has 1 aliphatic carbocycles. The maximum absolute atomic E-state index is 12.6. The van der Waals surface area contributed by atoms with Gasteiger partial charge in [0, 0.05) is 38.2 Å². The predicted molar refractivity (Wildman–Crippen MR) is 117 cm³/mol. The summed E-state index contributed by atoms with van der Waals surface area (Å²) in [5.41, 5.74) is 4.56. The van der Waals surface area contributed by atoms with Crippen LogP contribution in [0.3, 0.4) is 0 Å². The van der Waals surface area contributed by atoms with Crippen LogP contribution >= 0.6 is 0 Å². The monoisotopic (exact) mass is 392 g/mol. The first-order valence-electron chi connectivity index (χ1n) is 11.0. The van der Waals surface area contributed by atoms with Crippen molar-refractivity contribution in [1.29, 1.82) is 0 Å². The second-order valence-electron chi connectivity index (χ2n) is 8.65. The number of carbonyl (C=O) groups excluding carboxylic acids is 1. The molecule has 1 amide bonds. The van der Waals surface area contributed by atoms with Crippen molar-refractivity contribution < 1.29 is 4.79 Å². The van der Waals surface area contributed by atoms with Crippen LogP contribution in [0.4, 0.5) is 5.82 Å². The maximum atomic E-state index is 12.6. The van der Waals surface area contributed by atoms with Crippen LogP contribution in [-0.4, -0.2) is 47.2 Å². The molecule has 2 heterocycles. The van der Waals surface area contributed by atoms with Crippen molar-refractivity contribution in [2.75, 3.05) is 31.1 Å². The van der Waals surface area contributed by atoms with Crippen molar-refractivity contribution in [1.82, 2.24) is 15.1 Å². The van der Waals surface area contributed by atoms with Crippen molar-refractivity contribution in [3.05, 3.63) is 41.5 Å². The summed E-state index contributed by atoms with van der Waals surface area (Å²) in [5, 5.41) is 8.92. The molecule has 1 aromatic heterocycles. The van der Waals surface area contributed by atoms with Crippen LogP contribution < -0.4 is 4.90 Å². The highest BCUT2D eigenvalue weighted by atomic mass is 16.2. The fraction of sp³-hybridized carbons (Fsp3) is 0.542. The zero-order valence-corrected chi connectivity index (χ0v) is 17.7. The van der Waals surface area contributed by atoms with Crippen molar-refractivity contribution >= 4 is 11.7 Å². The first-order chi connectivity index (χ1) is 14.1. The standard InChI is InChI=1S/C24H32N4O/c1-18-8-9-21(16-19(18)2)22-10-11-23(26-25-22)27-12-14-28(15-13-27)24(29)17-20-6-4-3-5-7-20/h8-11,16,20H,3-7,12-15,17H2,1-2H3. The number of benzene rings is 1. The number of piperazine rings is 1. The van der Waals surface area contributed by atoms with E-state index in [0.29, 0.717) is 11.8 Å². The van der Waals surface area contributed by atoms with Gasteiger partial charge in [-0.15, -0.1) is 10.2 Å². The molecule has 5 heteroatoms. The molecule has 2 fully saturated rings. The minimum atomic E-state index is 0.340. The van der Waals surface area contributed by atoms with E-state index in [-0.39, 0.29) is 0 Å². The van der Waals surface area contributed by atoms with Crippen molar-refractivity contribution in [3.8, 4) is 11.3 Å². The maximum Gasteiger partial charge on any atom is 0.222 e. The van der Waals surface area contributed by atoms with Gasteiger partial charge in [-0.1, -0.05) is 31.4 Å². The molecule has 0 radical (unpaired) electrons. The molecule has 5 nitrogen and oxygen atoms in total. The van der Waals surface area contributed by atoms with E-state index in [2.05, 4.69) is 53.2 Å². The lowest BCUT2D eigenvalue weighted by Gasteiger charge is -2.36. The highest BCUT2D eigenvalue weighted by molar-refractivity contribution is 5.76. The summed E-state index contributed by atoms with van der Waals surface area (Å²) in [5.74, 6) is 1.85. The smallest absolute Gasteiger partial charge is 0.222 e. The molecular weight excluding hydrogens is 360 g/mol. The summed E-state index contributed by atoms with van der Waals surface area (Å²) < 4.78 is 0. The average molecular weight is 393 g/mol. The Bertz CT molecular complexity index is 834. The minimum absolute atomic E-state index is 0.340. The van der Waals surface area contributed by atoms with E-state index in [9.17, 15) is 4.79 Å². The van der Waals surface area contributed by atoms with Gasteiger partial charge in [-0.05, 0) is 61.9 Å². The van der Waals surface area contributed by atoms with E-state index in [4.69, 9.17) is 0 Å². The zero-order valence-electron chi connectivity index (χ0n) is 17.7. The Morgan fingerprint density at radius 2 is 1.69 bits per heavy atom. The summed E-state index contributed by atoms with van der Waals surface area (Å²) in [6.07, 6.45) is 7.13. The fourth-order valence-electron chi connectivity index (χ4n) is 4.50. The van der Waals surface area contributed by atoms with Crippen LogP contribution in [-0.2, 0) is 4.79 Å². The third-order valence-electron chi connectivity index (χ3n) is 6.60. The topological polar surface area (TPSA) is 49.3 Å². The van der Waals surface area contributed by atoms with E-state index in [0.717, 1.165) is 49.7 Å². The van der Waals surface area contributed by atoms with Crippen LogP contribution in [0, 0.1) is 19.8 Å². The van der Waals surface area contributed by atoms with Crippen molar-refractivity contribution in [2.45, 2.75) is 52.4 Å². The second kappa shape index (κ2) is 8.93. The van der Waals surface area contributed by atoms with Crippen molar-refractivity contribution in [2.24, 2.45) is 5.92 Å². The molecule has 4 rings (SSSR count). The van der Waals surface area contributed by atoms with Gasteiger partial charge >= 0.3 is 0 Å². The van der Waals surface area contributed by atoms with Gasteiger partial charge in [-0.3, -0.25) is 4.79 Å². The summed E-state index contributed by atoms with van der Waals surface area (Å²) in [4.78, 5) is 16.9. The van der Waals surface area contributed by atoms with Gasteiger partial charge in [0.2, 0.25) is 5.91 Å². The number of nitrogens with zero attached hydrogens (tertiary/aromatic N) is 4. The van der Waals surface area contributed by atoms with Crippen LogP contribution in [0.15, 0.2) is 30.3 Å². The molecule has 1 saturated heterocycles. The molecule has 0 atom stereocenters. The Balaban J connectivity index is 1.32. The first-order valence-corrected chi connectivity index (χ1v) is 11.0. The minimum Gasteiger partial charge on any atom is -0.352 e. The molecule has 0 N–H and O–H groups in total. The average Bonchev–Trinajstić information content (AvgIpc) is 2.77. The number of amides is 1. The lowest BCUT2D eigenvalue weighted by atomic mass is 9.86. The van der Waals surface area contributed by atoms with Gasteiger partial charge in [0.25, 0.3) is 0 Å². The fourth-order valence-corrected chi connectivity index (χ4v) is 4.50. The molecule has 0 bridgehead atoms. The van der Waals surface area contributed by atoms with Gasteiger partial charge in [0.1, 0.15) is 0 Å². The summed E-state index contributed by atoms with van der Waals surface area (Å²) in [7, 11) is 0. The van der Waals surface area contributed by atoms with Crippen LogP contribution in [0.1, 0.15) is 49.7 Å². The van der Waals surface area contributed by atoms with Crippen LogP contribution in [0.5, 0.6) is 0 Å². The number of aryl methyl sites for hydroxylation is 2. The Hall–Kier alpha value is -2.43. The van der Waals surface area contributed by atoms with E-state index < -0.39 is 0 Å². The number of rotatable bonds is 4. The molecule has 2 aromatic rings. The highest BCUT2D eigenvalue weighted by Gasteiger charge is 2.25. The third kappa shape index (κ3) is 4.77. The van der Waals surface area contributed by atoms with Gasteiger partial charge in [-0.2, -0.15) is 0 Å². The quantitative estimate of drug-likeness (QED) is 0.775. The molecule has 0 unspecified atom stereocenters. The van der Waals surface area contributed by atoms with E-state index in [1.807, 2.05) is 11.0 Å². The van der Waals surface area contributed by atoms with Crippen LogP contribution in [0.2, 0.25) is 0 Å². The number of hydrogen-bond acceptors (Lipinski definition) is 4. The Labute approximate surface area is 174 Å². The SMILES string of the molecule is Cc1ccc(-c2ccc(N3CCN(C(=O)CC4CCCCC4)CC3)nn2)cc1C. The van der Waals surface area contributed by atoms with Gasteiger partial charge in [0.05, 0.1) is 5.69 Å². The predicted octanol–water partition coefficient (Wildman–Crippen LogP) is 4.38. The van der Waals surface area contributed by atoms with Crippen LogP contribution in [0.25, 0.3) is 11.3 Å². The Kier molecular flexibility index (Phi) is 6.12. The van der Waals surface area contributed by atoms with Gasteiger partial charge in [0.15, 0.2) is 5.82 Å². The first kappa shape index (κ1) is 19.9. The van der Waals surface area contributed by atoms with Gasteiger partial charge in [-0.25, -0.2) is 0 Å². The molecule has 1 aromatic carbocycles. The second-order valence-corrected chi connectivity index (χ2v) is 8.65. The Morgan fingerprint density at radius 1 is 0.931 bits per heavy atom. The molecule has 1 aliphatic heterocycles. The van der Waals surface area contributed by atoms with Gasteiger partial charge < -0.3 is 9.80 Å².